The van der Waals surface area contributed by atoms with Gasteiger partial charge in [-0.25, -0.2) is 0 Å². The van der Waals surface area contributed by atoms with E-state index in [1.54, 1.807) is 0 Å². The zero-order valence-electron chi connectivity index (χ0n) is 11.7. The topological polar surface area (TPSA) is 35.5 Å². The van der Waals surface area contributed by atoms with Crippen LogP contribution in [0.5, 0.6) is 0 Å². The molecular formula is C15H26O3. The molecule has 0 heterocycles. The van der Waals surface area contributed by atoms with E-state index in [4.69, 9.17) is 9.47 Å². The Morgan fingerprint density at radius 1 is 0.833 bits per heavy atom. The number of hydrogen-bond donors (Lipinski definition) is 0. The maximum absolute atomic E-state index is 10.9. The molecule has 0 amide bonds. The first-order valence-corrected chi connectivity index (χ1v) is 7.46. The minimum absolute atomic E-state index is 0.133. The van der Waals surface area contributed by atoms with Gasteiger partial charge in [0.05, 0.1) is 12.2 Å². The van der Waals surface area contributed by atoms with Crippen LogP contribution in [0.15, 0.2) is 0 Å². The summed E-state index contributed by atoms with van der Waals surface area (Å²) in [7, 11) is 0. The number of hydrogen-bond acceptors (Lipinski definition) is 3. The molecule has 3 heteroatoms. The number of carbonyl (C=O) groups is 1. The molecular weight excluding hydrogens is 228 g/mol. The number of esters is 1. The van der Waals surface area contributed by atoms with E-state index in [0.29, 0.717) is 12.2 Å². The summed E-state index contributed by atoms with van der Waals surface area (Å²) in [6.45, 7) is 3.83. The van der Waals surface area contributed by atoms with Gasteiger partial charge in [0, 0.05) is 6.92 Å². The van der Waals surface area contributed by atoms with Crippen LogP contribution in [0.3, 0.4) is 0 Å². The lowest BCUT2D eigenvalue weighted by Gasteiger charge is -2.33. The van der Waals surface area contributed by atoms with E-state index in [2.05, 4.69) is 6.92 Å². The molecule has 0 N–H and O–H groups in total. The number of carbonyl (C=O) groups excluding carboxylic acids is 1. The lowest BCUT2D eigenvalue weighted by atomic mass is 9.88. The van der Waals surface area contributed by atoms with E-state index >= 15 is 0 Å². The molecule has 0 aliphatic heterocycles. The Bertz CT molecular complexity index is 261. The van der Waals surface area contributed by atoms with Crippen molar-refractivity contribution >= 4 is 5.97 Å². The molecule has 18 heavy (non-hydrogen) atoms. The third kappa shape index (κ3) is 4.27. The SMILES string of the molecule is CC(=O)OC1CCC(OC2CCC(C)CC2)CC1. The Balaban J connectivity index is 1.65. The number of ether oxygens (including phenoxy) is 2. The molecule has 0 aromatic rings. The first-order valence-electron chi connectivity index (χ1n) is 7.46. The van der Waals surface area contributed by atoms with Gasteiger partial charge in [0.1, 0.15) is 6.10 Å². The molecule has 104 valence electrons. The van der Waals surface area contributed by atoms with Gasteiger partial charge in [-0.15, -0.1) is 0 Å². The number of rotatable bonds is 3. The standard InChI is InChI=1S/C15H26O3/c1-11-3-5-14(6-4-11)18-15-9-7-13(8-10-15)17-12(2)16/h11,13-15H,3-10H2,1-2H3. The van der Waals surface area contributed by atoms with Crippen LogP contribution in [-0.4, -0.2) is 24.3 Å². The Labute approximate surface area is 110 Å². The van der Waals surface area contributed by atoms with Crippen molar-refractivity contribution in [3.63, 3.8) is 0 Å². The average Bonchev–Trinajstić information content (AvgIpc) is 2.34. The van der Waals surface area contributed by atoms with E-state index in [1.807, 2.05) is 0 Å². The maximum atomic E-state index is 10.9. The highest BCUT2D eigenvalue weighted by molar-refractivity contribution is 5.66. The van der Waals surface area contributed by atoms with E-state index in [1.165, 1.54) is 32.6 Å². The predicted octanol–water partition coefficient (Wildman–Crippen LogP) is 3.46. The van der Waals surface area contributed by atoms with Crippen molar-refractivity contribution in [1.29, 1.82) is 0 Å². The minimum atomic E-state index is -0.152. The van der Waals surface area contributed by atoms with Crippen LogP contribution in [0.1, 0.15) is 65.2 Å². The highest BCUT2D eigenvalue weighted by atomic mass is 16.5. The van der Waals surface area contributed by atoms with Gasteiger partial charge in [-0.05, 0) is 57.3 Å². The molecule has 0 spiro atoms. The smallest absolute Gasteiger partial charge is 0.302 e. The summed E-state index contributed by atoms with van der Waals surface area (Å²) in [6, 6.07) is 0. The monoisotopic (exact) mass is 254 g/mol. The Morgan fingerprint density at radius 3 is 1.78 bits per heavy atom. The summed E-state index contributed by atoms with van der Waals surface area (Å²) in [5.41, 5.74) is 0. The van der Waals surface area contributed by atoms with Gasteiger partial charge < -0.3 is 9.47 Å². The summed E-state index contributed by atoms with van der Waals surface area (Å²) in [6.07, 6.45) is 10.1. The molecule has 0 aromatic heterocycles. The minimum Gasteiger partial charge on any atom is -0.463 e. The van der Waals surface area contributed by atoms with Crippen LogP contribution in [0.2, 0.25) is 0 Å². The normalized spacial score (nSPS) is 37.2. The van der Waals surface area contributed by atoms with Gasteiger partial charge in [0.25, 0.3) is 0 Å². The van der Waals surface area contributed by atoms with Gasteiger partial charge in [0.15, 0.2) is 0 Å². The van der Waals surface area contributed by atoms with Crippen LogP contribution in [0, 0.1) is 5.92 Å². The van der Waals surface area contributed by atoms with E-state index in [9.17, 15) is 4.79 Å². The highest BCUT2D eigenvalue weighted by Gasteiger charge is 2.27. The van der Waals surface area contributed by atoms with Gasteiger partial charge in [-0.2, -0.15) is 0 Å². The van der Waals surface area contributed by atoms with E-state index < -0.39 is 0 Å². The summed E-state index contributed by atoms with van der Waals surface area (Å²) < 4.78 is 11.4. The van der Waals surface area contributed by atoms with Crippen molar-refractivity contribution in [1.82, 2.24) is 0 Å². The molecule has 0 aromatic carbocycles. The molecule has 0 bridgehead atoms. The first-order chi connectivity index (χ1) is 8.63. The lowest BCUT2D eigenvalue weighted by Crippen LogP contribution is -2.32. The van der Waals surface area contributed by atoms with Crippen molar-refractivity contribution in [2.24, 2.45) is 5.92 Å². The summed E-state index contributed by atoms with van der Waals surface area (Å²) >= 11 is 0. The fraction of sp³-hybridized carbons (Fsp3) is 0.933. The van der Waals surface area contributed by atoms with Crippen molar-refractivity contribution in [2.75, 3.05) is 0 Å². The lowest BCUT2D eigenvalue weighted by molar-refractivity contribution is -0.150. The molecule has 2 fully saturated rings. The van der Waals surface area contributed by atoms with Crippen LogP contribution in [-0.2, 0) is 14.3 Å². The molecule has 2 aliphatic carbocycles. The van der Waals surface area contributed by atoms with Crippen LogP contribution in [0.25, 0.3) is 0 Å². The molecule has 0 atom stereocenters. The second-order valence-corrected chi connectivity index (χ2v) is 6.03. The molecule has 0 radical (unpaired) electrons. The van der Waals surface area contributed by atoms with Gasteiger partial charge in [0.2, 0.25) is 0 Å². The Morgan fingerprint density at radius 2 is 1.28 bits per heavy atom. The average molecular weight is 254 g/mol. The molecule has 0 unspecified atom stereocenters. The van der Waals surface area contributed by atoms with Crippen molar-refractivity contribution in [3.8, 4) is 0 Å². The predicted molar refractivity (Wildman–Crippen MR) is 70.3 cm³/mol. The Hall–Kier alpha value is -0.570. The fourth-order valence-electron chi connectivity index (χ4n) is 3.16. The van der Waals surface area contributed by atoms with Crippen LogP contribution in [0.4, 0.5) is 0 Å². The van der Waals surface area contributed by atoms with Crippen LogP contribution >= 0.6 is 0 Å². The van der Waals surface area contributed by atoms with Gasteiger partial charge in [-0.1, -0.05) is 6.92 Å². The summed E-state index contributed by atoms with van der Waals surface area (Å²) in [5, 5.41) is 0. The highest BCUT2D eigenvalue weighted by Crippen LogP contribution is 2.30. The Kier molecular flexibility index (Phi) is 5.04. The zero-order valence-corrected chi connectivity index (χ0v) is 11.7. The second-order valence-electron chi connectivity index (χ2n) is 6.03. The summed E-state index contributed by atoms with van der Waals surface area (Å²) in [5.74, 6) is 0.727. The largest absolute Gasteiger partial charge is 0.463 e. The molecule has 2 aliphatic rings. The quantitative estimate of drug-likeness (QED) is 0.724. The second kappa shape index (κ2) is 6.55. The molecule has 3 nitrogen and oxygen atoms in total. The van der Waals surface area contributed by atoms with E-state index in [0.717, 1.165) is 31.6 Å². The zero-order chi connectivity index (χ0) is 13.0. The maximum Gasteiger partial charge on any atom is 0.302 e. The molecule has 0 saturated heterocycles. The molecule has 2 rings (SSSR count). The van der Waals surface area contributed by atoms with Crippen molar-refractivity contribution < 1.29 is 14.3 Å². The first kappa shape index (κ1) is 13.9. The fourth-order valence-corrected chi connectivity index (χ4v) is 3.16. The summed E-state index contributed by atoms with van der Waals surface area (Å²) in [4.78, 5) is 10.9. The van der Waals surface area contributed by atoms with Crippen molar-refractivity contribution in [2.45, 2.75) is 83.5 Å². The van der Waals surface area contributed by atoms with E-state index in [-0.39, 0.29) is 12.1 Å². The van der Waals surface area contributed by atoms with Crippen LogP contribution < -0.4 is 0 Å². The van der Waals surface area contributed by atoms with Gasteiger partial charge >= 0.3 is 5.97 Å². The third-order valence-electron chi connectivity index (χ3n) is 4.30. The molecule has 2 saturated carbocycles. The van der Waals surface area contributed by atoms with Gasteiger partial charge in [-0.3, -0.25) is 4.79 Å². The van der Waals surface area contributed by atoms with Crippen molar-refractivity contribution in [3.05, 3.63) is 0 Å². The third-order valence-corrected chi connectivity index (χ3v) is 4.30.